The van der Waals surface area contributed by atoms with E-state index >= 15 is 0 Å². The Balaban J connectivity index is 2.19. The van der Waals surface area contributed by atoms with E-state index in [9.17, 15) is 8.42 Å². The average molecular weight is 279 g/mol. The van der Waals surface area contributed by atoms with Crippen molar-refractivity contribution in [2.75, 3.05) is 12.4 Å². The van der Waals surface area contributed by atoms with E-state index in [0.29, 0.717) is 5.69 Å². The smallest absolute Gasteiger partial charge is 0.294 e. The van der Waals surface area contributed by atoms with Crippen molar-refractivity contribution in [3.63, 3.8) is 0 Å². The maximum Gasteiger partial charge on any atom is 0.294 e. The fourth-order valence-electron chi connectivity index (χ4n) is 1.58. The van der Waals surface area contributed by atoms with Gasteiger partial charge in [0.25, 0.3) is 10.1 Å². The van der Waals surface area contributed by atoms with E-state index in [4.69, 9.17) is 9.29 Å². The van der Waals surface area contributed by atoms with Gasteiger partial charge in [-0.15, -0.1) is 0 Å². The molecule has 0 unspecified atom stereocenters. The summed E-state index contributed by atoms with van der Waals surface area (Å²) >= 11 is 0. The lowest BCUT2D eigenvalue weighted by Gasteiger charge is -2.08. The molecule has 2 rings (SSSR count). The Bertz CT molecular complexity index is 665. The first-order valence-electron chi connectivity index (χ1n) is 5.48. The van der Waals surface area contributed by atoms with Crippen LogP contribution in [0.3, 0.4) is 0 Å². The van der Waals surface area contributed by atoms with Gasteiger partial charge in [-0.25, -0.2) is 0 Å². The monoisotopic (exact) mass is 279 g/mol. The zero-order valence-corrected chi connectivity index (χ0v) is 11.0. The van der Waals surface area contributed by atoms with Crippen molar-refractivity contribution in [3.05, 3.63) is 48.5 Å². The molecule has 0 aliphatic rings. The van der Waals surface area contributed by atoms with Gasteiger partial charge in [-0.3, -0.25) is 4.55 Å². The van der Waals surface area contributed by atoms with Gasteiger partial charge in [0.1, 0.15) is 5.75 Å². The highest BCUT2D eigenvalue weighted by Gasteiger charge is 2.08. The van der Waals surface area contributed by atoms with Gasteiger partial charge in [0.2, 0.25) is 0 Å². The van der Waals surface area contributed by atoms with Gasteiger partial charge in [0.15, 0.2) is 0 Å². The number of benzene rings is 2. The minimum Gasteiger partial charge on any atom is -0.497 e. The van der Waals surface area contributed by atoms with E-state index in [1.165, 1.54) is 12.1 Å². The fraction of sp³-hybridized carbons (Fsp3) is 0.0769. The predicted molar refractivity (Wildman–Crippen MR) is 72.5 cm³/mol. The SMILES string of the molecule is COc1cccc(Nc2ccc(S(=O)(=O)O)cc2)c1. The van der Waals surface area contributed by atoms with Gasteiger partial charge in [-0.05, 0) is 36.4 Å². The van der Waals surface area contributed by atoms with E-state index in [1.807, 2.05) is 24.3 Å². The minimum atomic E-state index is -4.15. The largest absolute Gasteiger partial charge is 0.497 e. The molecule has 5 nitrogen and oxygen atoms in total. The molecule has 0 aliphatic heterocycles. The summed E-state index contributed by atoms with van der Waals surface area (Å²) in [4.78, 5) is -0.135. The van der Waals surface area contributed by atoms with Gasteiger partial charge in [-0.1, -0.05) is 6.07 Å². The molecule has 19 heavy (non-hydrogen) atoms. The number of anilines is 2. The van der Waals surface area contributed by atoms with Crippen LogP contribution in [-0.2, 0) is 10.1 Å². The first kappa shape index (κ1) is 13.4. The third kappa shape index (κ3) is 3.46. The highest BCUT2D eigenvalue weighted by molar-refractivity contribution is 7.85. The van der Waals surface area contributed by atoms with Gasteiger partial charge in [0.05, 0.1) is 12.0 Å². The quantitative estimate of drug-likeness (QED) is 0.841. The number of hydrogen-bond acceptors (Lipinski definition) is 4. The second-order valence-electron chi connectivity index (χ2n) is 3.86. The first-order chi connectivity index (χ1) is 8.99. The Hall–Kier alpha value is -2.05. The molecule has 2 N–H and O–H groups in total. The number of rotatable bonds is 4. The van der Waals surface area contributed by atoms with Crippen LogP contribution in [0.15, 0.2) is 53.4 Å². The first-order valence-corrected chi connectivity index (χ1v) is 6.92. The van der Waals surface area contributed by atoms with Crippen molar-refractivity contribution in [1.82, 2.24) is 0 Å². The fourth-order valence-corrected chi connectivity index (χ4v) is 2.06. The van der Waals surface area contributed by atoms with Gasteiger partial charge < -0.3 is 10.1 Å². The number of nitrogens with one attached hydrogen (secondary N) is 1. The maximum absolute atomic E-state index is 10.9. The van der Waals surface area contributed by atoms with Crippen LogP contribution in [-0.4, -0.2) is 20.1 Å². The van der Waals surface area contributed by atoms with Gasteiger partial charge in [-0.2, -0.15) is 8.42 Å². The predicted octanol–water partition coefficient (Wildman–Crippen LogP) is 2.69. The van der Waals surface area contributed by atoms with Crippen LogP contribution in [0.2, 0.25) is 0 Å². The Labute approximate surface area is 111 Å². The summed E-state index contributed by atoms with van der Waals surface area (Å²) in [5.74, 6) is 0.722. The standard InChI is InChI=1S/C13H13NO4S/c1-18-12-4-2-3-11(9-12)14-10-5-7-13(8-6-10)19(15,16)17/h2-9,14H,1H3,(H,15,16,17). The van der Waals surface area contributed by atoms with E-state index in [1.54, 1.807) is 19.2 Å². The molecule has 0 spiro atoms. The average Bonchev–Trinajstić information content (AvgIpc) is 2.38. The van der Waals surface area contributed by atoms with Crippen molar-refractivity contribution < 1.29 is 17.7 Å². The van der Waals surface area contributed by atoms with Crippen LogP contribution in [0.25, 0.3) is 0 Å². The summed E-state index contributed by atoms with van der Waals surface area (Å²) in [5, 5.41) is 3.10. The van der Waals surface area contributed by atoms with Crippen molar-refractivity contribution >= 4 is 21.5 Å². The van der Waals surface area contributed by atoms with Crippen LogP contribution in [0.1, 0.15) is 0 Å². The molecule has 2 aromatic rings. The van der Waals surface area contributed by atoms with Crippen LogP contribution in [0, 0.1) is 0 Å². The number of hydrogen-bond donors (Lipinski definition) is 2. The lowest BCUT2D eigenvalue weighted by molar-refractivity contribution is 0.415. The molecule has 2 aromatic carbocycles. The molecule has 0 fully saturated rings. The van der Waals surface area contributed by atoms with Crippen LogP contribution in [0.4, 0.5) is 11.4 Å². The molecule has 0 radical (unpaired) electrons. The Kier molecular flexibility index (Phi) is 3.73. The molecule has 0 heterocycles. The lowest BCUT2D eigenvalue weighted by atomic mass is 10.2. The Morgan fingerprint density at radius 3 is 2.32 bits per heavy atom. The molecule has 0 bridgehead atoms. The highest BCUT2D eigenvalue weighted by Crippen LogP contribution is 2.22. The van der Waals surface area contributed by atoms with E-state index in [0.717, 1.165) is 11.4 Å². The number of methoxy groups -OCH3 is 1. The van der Waals surface area contributed by atoms with Crippen LogP contribution < -0.4 is 10.1 Å². The Morgan fingerprint density at radius 1 is 1.05 bits per heavy atom. The van der Waals surface area contributed by atoms with E-state index in [-0.39, 0.29) is 4.90 Å². The van der Waals surface area contributed by atoms with Crippen molar-refractivity contribution in [3.8, 4) is 5.75 Å². The van der Waals surface area contributed by atoms with E-state index < -0.39 is 10.1 Å². The van der Waals surface area contributed by atoms with Crippen molar-refractivity contribution in [2.24, 2.45) is 0 Å². The van der Waals surface area contributed by atoms with Crippen molar-refractivity contribution in [2.45, 2.75) is 4.90 Å². The third-order valence-corrected chi connectivity index (χ3v) is 3.38. The zero-order chi connectivity index (χ0) is 13.9. The molecule has 100 valence electrons. The van der Waals surface area contributed by atoms with Gasteiger partial charge in [0, 0.05) is 17.4 Å². The van der Waals surface area contributed by atoms with Crippen molar-refractivity contribution in [1.29, 1.82) is 0 Å². The molecule has 0 aliphatic carbocycles. The van der Waals surface area contributed by atoms with E-state index in [2.05, 4.69) is 5.32 Å². The highest BCUT2D eigenvalue weighted by atomic mass is 32.2. The van der Waals surface area contributed by atoms with Crippen LogP contribution >= 0.6 is 0 Å². The lowest BCUT2D eigenvalue weighted by Crippen LogP contribution is -1.98. The zero-order valence-electron chi connectivity index (χ0n) is 10.2. The molecule has 0 saturated carbocycles. The van der Waals surface area contributed by atoms with Crippen LogP contribution in [0.5, 0.6) is 5.75 Å². The molecule has 0 atom stereocenters. The topological polar surface area (TPSA) is 75.6 Å². The summed E-state index contributed by atoms with van der Waals surface area (Å²) in [6, 6.07) is 13.1. The summed E-state index contributed by atoms with van der Waals surface area (Å²) in [6.45, 7) is 0. The molecule has 0 amide bonds. The molecule has 6 heteroatoms. The maximum atomic E-state index is 10.9. The minimum absolute atomic E-state index is 0.135. The summed E-state index contributed by atoms with van der Waals surface area (Å²) < 4.78 is 35.8. The molecular formula is C13H13NO4S. The third-order valence-electron chi connectivity index (χ3n) is 2.51. The Morgan fingerprint density at radius 2 is 1.74 bits per heavy atom. The molecule has 0 saturated heterocycles. The second-order valence-corrected chi connectivity index (χ2v) is 5.28. The summed E-state index contributed by atoms with van der Waals surface area (Å²) in [7, 11) is -2.57. The summed E-state index contributed by atoms with van der Waals surface area (Å²) in [5.41, 5.74) is 1.53. The second kappa shape index (κ2) is 5.29. The summed E-state index contributed by atoms with van der Waals surface area (Å²) in [6.07, 6.45) is 0. The van der Waals surface area contributed by atoms with Gasteiger partial charge >= 0.3 is 0 Å². The number of ether oxygens (including phenoxy) is 1. The normalized spacial score (nSPS) is 11.1. The molecular weight excluding hydrogens is 266 g/mol. The molecule has 0 aromatic heterocycles.